The monoisotopic (exact) mass is 614 g/mol. The van der Waals surface area contributed by atoms with Gasteiger partial charge in [-0.2, -0.15) is 0 Å². The number of carbonyl (C=O) groups excluding carboxylic acids is 2. The van der Waals surface area contributed by atoms with Gasteiger partial charge in [-0.1, -0.05) is 81.4 Å². The van der Waals surface area contributed by atoms with Crippen molar-refractivity contribution in [3.05, 3.63) is 71.8 Å². The van der Waals surface area contributed by atoms with Crippen molar-refractivity contribution in [2.45, 2.75) is 90.3 Å². The van der Waals surface area contributed by atoms with Crippen LogP contribution in [0, 0.1) is 5.41 Å². The van der Waals surface area contributed by atoms with Gasteiger partial charge in [-0.25, -0.2) is 9.59 Å². The van der Waals surface area contributed by atoms with Crippen LogP contribution in [0.4, 0.5) is 9.59 Å². The molecule has 6 N–H and O–H groups in total. The van der Waals surface area contributed by atoms with Crippen molar-refractivity contribution in [1.82, 2.24) is 20.9 Å². The summed E-state index contributed by atoms with van der Waals surface area (Å²) in [6.07, 6.45) is -3.47. The molecule has 0 radical (unpaired) electrons. The highest BCUT2D eigenvalue weighted by Crippen LogP contribution is 2.23. The van der Waals surface area contributed by atoms with Crippen LogP contribution >= 0.6 is 0 Å². The number of carbonyl (C=O) groups is 3. The van der Waals surface area contributed by atoms with Gasteiger partial charge in [0.1, 0.15) is 6.04 Å². The molecule has 0 spiro atoms. The average Bonchev–Trinajstić information content (AvgIpc) is 2.94. The Morgan fingerprint density at radius 2 is 1.30 bits per heavy atom. The number of amides is 3. The molecule has 0 aliphatic heterocycles. The molecule has 5 atom stereocenters. The third-order valence-electron chi connectivity index (χ3n) is 7.37. The van der Waals surface area contributed by atoms with Gasteiger partial charge in [-0.3, -0.25) is 9.69 Å². The molecule has 2 aromatic rings. The second-order valence-electron chi connectivity index (χ2n) is 13.1. The highest BCUT2D eigenvalue weighted by atomic mass is 16.5. The number of nitrogens with one attached hydrogen (secondary N) is 3. The number of nitrogens with zero attached hydrogens (tertiary/aromatic N) is 1. The van der Waals surface area contributed by atoms with Gasteiger partial charge in [-0.05, 0) is 50.2 Å². The van der Waals surface area contributed by atoms with E-state index in [1.165, 1.54) is 12.0 Å². The van der Waals surface area contributed by atoms with Crippen molar-refractivity contribution in [3.8, 4) is 0 Å². The van der Waals surface area contributed by atoms with Gasteiger partial charge in [-0.15, -0.1) is 0 Å². The normalized spacial score (nSPS) is 15.3. The van der Waals surface area contributed by atoms with Crippen LogP contribution in [0.15, 0.2) is 60.7 Å². The predicted octanol–water partition coefficient (Wildman–Crippen LogP) is 3.19. The largest absolute Gasteiger partial charge is 0.465 e. The van der Waals surface area contributed by atoms with Crippen molar-refractivity contribution < 1.29 is 34.4 Å². The van der Waals surface area contributed by atoms with E-state index in [0.717, 1.165) is 11.1 Å². The second kappa shape index (κ2) is 16.4. The molecule has 44 heavy (non-hydrogen) atoms. The van der Waals surface area contributed by atoms with E-state index < -0.39 is 59.4 Å². The summed E-state index contributed by atoms with van der Waals surface area (Å²) in [5, 5.41) is 41.2. The van der Waals surface area contributed by atoms with E-state index in [1.807, 2.05) is 81.4 Å². The summed E-state index contributed by atoms with van der Waals surface area (Å²) < 4.78 is 4.71. The minimum absolute atomic E-state index is 0.000100. The van der Waals surface area contributed by atoms with Crippen LogP contribution in [0.1, 0.15) is 52.7 Å². The summed E-state index contributed by atoms with van der Waals surface area (Å²) in [5.74, 6) is -0.479. The Bertz CT molecular complexity index is 1180. The third-order valence-corrected chi connectivity index (χ3v) is 7.37. The number of ether oxygens (including phenoxy) is 1. The fraction of sp³-hybridized carbons (Fsp3) is 0.545. The zero-order valence-corrected chi connectivity index (χ0v) is 26.9. The molecule has 0 heterocycles. The summed E-state index contributed by atoms with van der Waals surface area (Å²) >= 11 is 0. The number of aliphatic hydroxyl groups is 2. The van der Waals surface area contributed by atoms with Gasteiger partial charge in [0.2, 0.25) is 5.91 Å². The molecular formula is C33H50N4O7. The Balaban J connectivity index is 2.21. The summed E-state index contributed by atoms with van der Waals surface area (Å²) in [5.41, 5.74) is 0.334. The zero-order valence-electron chi connectivity index (χ0n) is 26.9. The Morgan fingerprint density at radius 3 is 1.75 bits per heavy atom. The Kier molecular flexibility index (Phi) is 13.6. The Labute approximate surface area is 261 Å². The number of hydrogen-bond donors (Lipinski definition) is 6. The van der Waals surface area contributed by atoms with Gasteiger partial charge >= 0.3 is 12.2 Å². The minimum atomic E-state index is -1.14. The quantitative estimate of drug-likeness (QED) is 0.189. The highest BCUT2D eigenvalue weighted by molar-refractivity contribution is 5.86. The number of aliphatic hydroxyl groups excluding tert-OH is 2. The summed E-state index contributed by atoms with van der Waals surface area (Å²) in [7, 11) is 1.22. The standard InChI is InChI=1S/C33H50N4O7/c1-32(2,3)28(36-30(41)44-7)29(40)35-24(18-22-14-10-8-11-15-22)26(38)20-34-21-27(39)25(19-23-16-12-9-13-17-23)37(31(42)43)33(4,5)6/h8-17,24-28,34,38-39H,18-21H2,1-7H3,(H,35,40)(H,36,41)(H,42,43)/t24-,25-,26+,27+,28-/m0/s1. The molecule has 2 rings (SSSR count). The smallest absolute Gasteiger partial charge is 0.408 e. The molecule has 0 aliphatic carbocycles. The van der Waals surface area contributed by atoms with Crippen molar-refractivity contribution in [1.29, 1.82) is 0 Å². The molecule has 0 aliphatic rings. The van der Waals surface area contributed by atoms with Crippen LogP contribution in [-0.2, 0) is 22.4 Å². The van der Waals surface area contributed by atoms with Gasteiger partial charge < -0.3 is 36.0 Å². The lowest BCUT2D eigenvalue weighted by molar-refractivity contribution is -0.127. The molecule has 2 aromatic carbocycles. The van der Waals surface area contributed by atoms with Crippen molar-refractivity contribution in [3.63, 3.8) is 0 Å². The molecule has 3 amide bonds. The van der Waals surface area contributed by atoms with Crippen LogP contribution in [0.5, 0.6) is 0 Å². The molecule has 244 valence electrons. The number of methoxy groups -OCH3 is 1. The van der Waals surface area contributed by atoms with Gasteiger partial charge in [0, 0.05) is 18.6 Å². The first-order chi connectivity index (χ1) is 20.5. The van der Waals surface area contributed by atoms with Crippen molar-refractivity contribution >= 4 is 18.1 Å². The molecule has 0 fully saturated rings. The number of benzene rings is 2. The number of rotatable bonds is 14. The van der Waals surface area contributed by atoms with E-state index in [-0.39, 0.29) is 13.1 Å². The van der Waals surface area contributed by atoms with Gasteiger partial charge in [0.15, 0.2) is 0 Å². The van der Waals surface area contributed by atoms with E-state index in [1.54, 1.807) is 20.8 Å². The van der Waals surface area contributed by atoms with Gasteiger partial charge in [0.05, 0.1) is 31.4 Å². The van der Waals surface area contributed by atoms with Crippen LogP contribution < -0.4 is 16.0 Å². The summed E-state index contributed by atoms with van der Waals surface area (Å²) in [6, 6.07) is 16.3. The molecule has 0 aromatic heterocycles. The third kappa shape index (κ3) is 11.4. The van der Waals surface area contributed by atoms with Crippen LogP contribution in [-0.4, -0.2) is 94.4 Å². The molecule has 11 nitrogen and oxygen atoms in total. The SMILES string of the molecule is COC(=O)N[C@@H](C(=O)N[C@@H](Cc1ccccc1)[C@H](O)CNC[C@@H](O)[C@H](Cc1ccccc1)N(C(=O)O)C(C)(C)C)C(C)(C)C. The average molecular weight is 615 g/mol. The Hall–Kier alpha value is -3.67. The molecule has 11 heteroatoms. The van der Waals surface area contributed by atoms with E-state index in [4.69, 9.17) is 4.74 Å². The van der Waals surface area contributed by atoms with E-state index >= 15 is 0 Å². The lowest BCUT2D eigenvalue weighted by Gasteiger charge is -2.42. The fourth-order valence-corrected chi connectivity index (χ4v) is 5.11. The first-order valence-electron chi connectivity index (χ1n) is 14.9. The van der Waals surface area contributed by atoms with E-state index in [2.05, 4.69) is 16.0 Å². The number of alkyl carbamates (subject to hydrolysis) is 1. The lowest BCUT2D eigenvalue weighted by atomic mass is 9.85. The van der Waals surface area contributed by atoms with Crippen LogP contribution in [0.25, 0.3) is 0 Å². The lowest BCUT2D eigenvalue weighted by Crippen LogP contribution is -2.59. The molecule has 0 unspecified atom stereocenters. The zero-order chi connectivity index (χ0) is 33.1. The topological polar surface area (TPSA) is 160 Å². The predicted molar refractivity (Wildman–Crippen MR) is 169 cm³/mol. The fourth-order valence-electron chi connectivity index (χ4n) is 5.11. The first-order valence-corrected chi connectivity index (χ1v) is 14.9. The van der Waals surface area contributed by atoms with Crippen molar-refractivity contribution in [2.75, 3.05) is 20.2 Å². The first kappa shape index (κ1) is 36.5. The minimum Gasteiger partial charge on any atom is -0.465 e. The van der Waals surface area contributed by atoms with E-state index in [9.17, 15) is 29.7 Å². The maximum Gasteiger partial charge on any atom is 0.408 e. The van der Waals surface area contributed by atoms with Crippen LogP contribution in [0.2, 0.25) is 0 Å². The molecular weight excluding hydrogens is 564 g/mol. The Morgan fingerprint density at radius 1 is 0.795 bits per heavy atom. The molecule has 0 saturated carbocycles. The molecule has 0 saturated heterocycles. The van der Waals surface area contributed by atoms with Crippen molar-refractivity contribution in [2.24, 2.45) is 5.41 Å². The van der Waals surface area contributed by atoms with Crippen LogP contribution in [0.3, 0.4) is 0 Å². The number of hydrogen-bond acceptors (Lipinski definition) is 7. The maximum atomic E-state index is 13.4. The number of carboxylic acid groups (broad SMARTS) is 1. The second-order valence-corrected chi connectivity index (χ2v) is 13.1. The summed E-state index contributed by atoms with van der Waals surface area (Å²) in [4.78, 5) is 39.0. The molecule has 0 bridgehead atoms. The van der Waals surface area contributed by atoms with Gasteiger partial charge in [0.25, 0.3) is 0 Å². The maximum absolute atomic E-state index is 13.4. The van der Waals surface area contributed by atoms with E-state index in [0.29, 0.717) is 12.8 Å². The summed E-state index contributed by atoms with van der Waals surface area (Å²) in [6.45, 7) is 10.8. The highest BCUT2D eigenvalue weighted by Gasteiger charge is 2.38.